The summed E-state index contributed by atoms with van der Waals surface area (Å²) in [5, 5.41) is 17.1. The highest BCUT2D eigenvalue weighted by Gasteiger charge is 2.01. The van der Waals surface area contributed by atoms with Crippen molar-refractivity contribution in [1.29, 1.82) is 0 Å². The first-order valence-corrected chi connectivity index (χ1v) is 10.5. The van der Waals surface area contributed by atoms with Crippen molar-refractivity contribution < 1.29 is 15.0 Å². The fourth-order valence-corrected chi connectivity index (χ4v) is 2.96. The van der Waals surface area contributed by atoms with Crippen LogP contribution in [0.2, 0.25) is 0 Å². The molecule has 0 radical (unpaired) electrons. The van der Waals surface area contributed by atoms with Crippen molar-refractivity contribution in [3.05, 3.63) is 35.9 Å². The molecular formula is C23H40O3. The van der Waals surface area contributed by atoms with Crippen molar-refractivity contribution >= 4 is 5.97 Å². The number of hydrogen-bond acceptors (Lipinski definition) is 2. The Balaban J connectivity index is 0.000000577. The Morgan fingerprint density at radius 1 is 0.846 bits per heavy atom. The number of rotatable bonds is 14. The number of carboxylic acid groups (broad SMARTS) is 1. The van der Waals surface area contributed by atoms with Crippen LogP contribution < -0.4 is 0 Å². The maximum absolute atomic E-state index is 10.2. The highest BCUT2D eigenvalue weighted by Crippen LogP contribution is 2.17. The fourth-order valence-electron chi connectivity index (χ4n) is 2.96. The molecule has 1 aromatic rings. The molecule has 1 unspecified atom stereocenters. The van der Waals surface area contributed by atoms with Gasteiger partial charge in [-0.2, -0.15) is 0 Å². The summed E-state index contributed by atoms with van der Waals surface area (Å²) in [4.78, 5) is 10.2. The quantitative estimate of drug-likeness (QED) is 0.361. The number of hydrogen-bond donors (Lipinski definition) is 2. The third-order valence-electron chi connectivity index (χ3n) is 4.68. The molecular weight excluding hydrogens is 324 g/mol. The minimum absolute atomic E-state index is 0.331. The lowest BCUT2D eigenvalue weighted by molar-refractivity contribution is 0.0697. The molecule has 2 N–H and O–H groups in total. The molecule has 0 aliphatic rings. The average molecular weight is 365 g/mol. The zero-order valence-corrected chi connectivity index (χ0v) is 17.0. The summed E-state index contributed by atoms with van der Waals surface area (Å²) >= 11 is 0. The van der Waals surface area contributed by atoms with E-state index in [9.17, 15) is 4.79 Å². The first-order chi connectivity index (χ1) is 12.6. The van der Waals surface area contributed by atoms with Crippen LogP contribution in [-0.4, -0.2) is 22.8 Å². The molecule has 1 atom stereocenters. The number of aromatic carboxylic acids is 1. The molecule has 0 spiro atoms. The lowest BCUT2D eigenvalue weighted by atomic mass is 9.96. The zero-order chi connectivity index (χ0) is 19.5. The van der Waals surface area contributed by atoms with E-state index in [0.717, 1.165) is 12.3 Å². The summed E-state index contributed by atoms with van der Waals surface area (Å²) < 4.78 is 0. The van der Waals surface area contributed by atoms with Gasteiger partial charge in [0, 0.05) is 6.61 Å². The fraction of sp³-hybridized carbons (Fsp3) is 0.696. The van der Waals surface area contributed by atoms with Crippen molar-refractivity contribution in [1.82, 2.24) is 0 Å². The molecule has 3 heteroatoms. The van der Waals surface area contributed by atoms with Gasteiger partial charge in [0.2, 0.25) is 0 Å². The Morgan fingerprint density at radius 2 is 1.35 bits per heavy atom. The van der Waals surface area contributed by atoms with E-state index in [0.29, 0.717) is 12.2 Å². The van der Waals surface area contributed by atoms with Gasteiger partial charge in [-0.05, 0) is 24.5 Å². The van der Waals surface area contributed by atoms with E-state index in [-0.39, 0.29) is 0 Å². The van der Waals surface area contributed by atoms with Crippen molar-refractivity contribution in [3.63, 3.8) is 0 Å². The zero-order valence-electron chi connectivity index (χ0n) is 17.0. The van der Waals surface area contributed by atoms with Gasteiger partial charge in [0.1, 0.15) is 0 Å². The van der Waals surface area contributed by atoms with Crippen LogP contribution in [-0.2, 0) is 0 Å². The largest absolute Gasteiger partial charge is 0.478 e. The van der Waals surface area contributed by atoms with E-state index in [1.807, 2.05) is 0 Å². The molecule has 26 heavy (non-hydrogen) atoms. The van der Waals surface area contributed by atoms with Gasteiger partial charge in [-0.1, -0.05) is 103 Å². The standard InChI is InChI=1S/C16H34O.C7H6O2/c1-3-4-5-7-10-13-16(2)14-11-8-6-9-12-15-17;8-7(9)6-4-2-1-3-5-6/h16-17H,3-15H2,1-2H3;1-5H,(H,8,9). The molecule has 0 saturated heterocycles. The van der Waals surface area contributed by atoms with Gasteiger partial charge in [-0.25, -0.2) is 4.79 Å². The Labute approximate surface area is 160 Å². The van der Waals surface area contributed by atoms with Gasteiger partial charge in [0.25, 0.3) is 0 Å². The van der Waals surface area contributed by atoms with E-state index < -0.39 is 5.97 Å². The molecule has 0 amide bonds. The van der Waals surface area contributed by atoms with E-state index in [1.54, 1.807) is 30.3 Å². The number of unbranched alkanes of at least 4 members (excludes halogenated alkanes) is 8. The first-order valence-electron chi connectivity index (χ1n) is 10.5. The van der Waals surface area contributed by atoms with Crippen LogP contribution >= 0.6 is 0 Å². The Bertz CT molecular complexity index is 417. The Morgan fingerprint density at radius 3 is 1.81 bits per heavy atom. The highest BCUT2D eigenvalue weighted by atomic mass is 16.4. The van der Waals surface area contributed by atoms with Crippen LogP contribution in [0.25, 0.3) is 0 Å². The van der Waals surface area contributed by atoms with Crippen molar-refractivity contribution in [3.8, 4) is 0 Å². The predicted molar refractivity (Wildman–Crippen MR) is 111 cm³/mol. The summed E-state index contributed by atoms with van der Waals surface area (Å²) in [6.45, 7) is 5.06. The second-order valence-corrected chi connectivity index (χ2v) is 7.26. The molecule has 150 valence electrons. The first kappa shape index (κ1) is 24.7. The molecule has 1 rings (SSSR count). The van der Waals surface area contributed by atoms with Gasteiger partial charge < -0.3 is 10.2 Å². The number of aliphatic hydroxyl groups is 1. The molecule has 0 aromatic heterocycles. The molecule has 0 saturated carbocycles. The molecule has 0 heterocycles. The molecule has 0 bridgehead atoms. The summed E-state index contributed by atoms with van der Waals surface area (Å²) in [5.74, 6) is 0.0464. The van der Waals surface area contributed by atoms with Crippen LogP contribution in [0.15, 0.2) is 30.3 Å². The normalized spacial score (nSPS) is 11.5. The topological polar surface area (TPSA) is 57.5 Å². The molecule has 0 aliphatic heterocycles. The van der Waals surface area contributed by atoms with Crippen LogP contribution in [0.3, 0.4) is 0 Å². The van der Waals surface area contributed by atoms with E-state index >= 15 is 0 Å². The minimum Gasteiger partial charge on any atom is -0.478 e. The van der Waals surface area contributed by atoms with Crippen LogP contribution in [0.1, 0.15) is 101 Å². The smallest absolute Gasteiger partial charge is 0.335 e. The van der Waals surface area contributed by atoms with E-state index in [1.165, 1.54) is 70.6 Å². The summed E-state index contributed by atoms with van der Waals surface area (Å²) in [7, 11) is 0. The summed E-state index contributed by atoms with van der Waals surface area (Å²) in [5.41, 5.74) is 0.331. The molecule has 3 nitrogen and oxygen atoms in total. The maximum Gasteiger partial charge on any atom is 0.335 e. The lowest BCUT2D eigenvalue weighted by Crippen LogP contribution is -1.95. The maximum atomic E-state index is 10.2. The third kappa shape index (κ3) is 16.1. The van der Waals surface area contributed by atoms with E-state index in [4.69, 9.17) is 10.2 Å². The van der Waals surface area contributed by atoms with Crippen LogP contribution in [0, 0.1) is 5.92 Å². The minimum atomic E-state index is -0.879. The van der Waals surface area contributed by atoms with Gasteiger partial charge in [-0.15, -0.1) is 0 Å². The van der Waals surface area contributed by atoms with Crippen molar-refractivity contribution in [2.45, 2.75) is 90.9 Å². The summed E-state index contributed by atoms with van der Waals surface area (Å²) in [6.07, 6.45) is 16.2. The van der Waals surface area contributed by atoms with Gasteiger partial charge in [-0.3, -0.25) is 0 Å². The second kappa shape index (κ2) is 18.4. The van der Waals surface area contributed by atoms with Gasteiger partial charge in [0.05, 0.1) is 5.56 Å². The summed E-state index contributed by atoms with van der Waals surface area (Å²) in [6, 6.07) is 8.30. The van der Waals surface area contributed by atoms with Crippen molar-refractivity contribution in [2.75, 3.05) is 6.61 Å². The second-order valence-electron chi connectivity index (χ2n) is 7.26. The number of carboxylic acids is 1. The van der Waals surface area contributed by atoms with Gasteiger partial charge in [0.15, 0.2) is 0 Å². The molecule has 1 aromatic carbocycles. The Hall–Kier alpha value is -1.35. The van der Waals surface area contributed by atoms with Crippen molar-refractivity contribution in [2.24, 2.45) is 5.92 Å². The monoisotopic (exact) mass is 364 g/mol. The number of aliphatic hydroxyl groups excluding tert-OH is 1. The third-order valence-corrected chi connectivity index (χ3v) is 4.68. The lowest BCUT2D eigenvalue weighted by Gasteiger charge is -2.10. The number of benzene rings is 1. The molecule has 0 fully saturated rings. The highest BCUT2D eigenvalue weighted by molar-refractivity contribution is 5.87. The van der Waals surface area contributed by atoms with E-state index in [2.05, 4.69) is 13.8 Å². The predicted octanol–water partition coefficient (Wildman–Crippen LogP) is 6.70. The van der Waals surface area contributed by atoms with Crippen LogP contribution in [0.4, 0.5) is 0 Å². The average Bonchev–Trinajstić information content (AvgIpc) is 2.65. The molecule has 0 aliphatic carbocycles. The van der Waals surface area contributed by atoms with Crippen LogP contribution in [0.5, 0.6) is 0 Å². The number of carbonyl (C=O) groups is 1. The van der Waals surface area contributed by atoms with Gasteiger partial charge >= 0.3 is 5.97 Å². The Kier molecular flexibility index (Phi) is 17.5. The SMILES string of the molecule is CCCCCCCC(C)CCCCCCCO.O=C(O)c1ccccc1.